The van der Waals surface area contributed by atoms with Gasteiger partial charge in [-0.3, -0.25) is 0 Å². The van der Waals surface area contributed by atoms with Crippen molar-refractivity contribution < 1.29 is 0 Å². The van der Waals surface area contributed by atoms with Gasteiger partial charge in [0.25, 0.3) is 0 Å². The molecule has 0 N–H and O–H groups in total. The van der Waals surface area contributed by atoms with Crippen molar-refractivity contribution in [1.29, 1.82) is 0 Å². The Kier molecular flexibility index (Phi) is 1.84. The van der Waals surface area contributed by atoms with Gasteiger partial charge in [-0.25, -0.2) is 0 Å². The van der Waals surface area contributed by atoms with E-state index in [1.54, 1.807) is 0 Å². The van der Waals surface area contributed by atoms with Crippen molar-refractivity contribution in [1.82, 2.24) is 4.90 Å². The number of hydrogen-bond donors (Lipinski definition) is 0. The molecule has 0 amide bonds. The maximum atomic E-state index is 2.44. The molecule has 1 aliphatic heterocycles. The maximum absolute atomic E-state index is 2.44. The average Bonchev–Trinajstić information content (AvgIpc) is 2.41. The van der Waals surface area contributed by atoms with Crippen LogP contribution in [0.15, 0.2) is 24.3 Å². The summed E-state index contributed by atoms with van der Waals surface area (Å²) in [7, 11) is 2.22. The lowest BCUT2D eigenvalue weighted by Gasteiger charge is -2.30. The molecule has 1 heterocycles. The largest absolute Gasteiger partial charge is 0.305 e. The molecule has 1 fully saturated rings. The van der Waals surface area contributed by atoms with Gasteiger partial charge in [0.05, 0.1) is 0 Å². The second kappa shape index (κ2) is 2.74. The first kappa shape index (κ1) is 8.06. The van der Waals surface area contributed by atoms with Gasteiger partial charge in [-0.2, -0.15) is 0 Å². The lowest BCUT2D eigenvalue weighted by Crippen LogP contribution is -2.27. The smallest absolute Gasteiger partial charge is 0.00845 e. The van der Waals surface area contributed by atoms with Gasteiger partial charge in [0.2, 0.25) is 0 Å². The lowest BCUT2D eigenvalue weighted by molar-refractivity contribution is 0.314. The van der Waals surface area contributed by atoms with Crippen LogP contribution in [-0.4, -0.2) is 25.0 Å². The fraction of sp³-hybridized carbons (Fsp3) is 0.636. The first-order chi connectivity index (χ1) is 5.77. The summed E-state index contributed by atoms with van der Waals surface area (Å²) in [5.41, 5.74) is 0.462. The van der Waals surface area contributed by atoms with Crippen molar-refractivity contribution in [3.05, 3.63) is 24.3 Å². The molecule has 12 heavy (non-hydrogen) atoms. The van der Waals surface area contributed by atoms with Crippen LogP contribution in [0.5, 0.6) is 0 Å². The van der Waals surface area contributed by atoms with Crippen LogP contribution in [0.4, 0.5) is 0 Å². The molecule has 0 radical (unpaired) electrons. The molecule has 1 aliphatic carbocycles. The molecule has 0 saturated carbocycles. The van der Waals surface area contributed by atoms with E-state index in [4.69, 9.17) is 0 Å². The quantitative estimate of drug-likeness (QED) is 0.572. The Balaban J connectivity index is 2.28. The molecular weight excluding hydrogens is 146 g/mol. The molecule has 66 valence electrons. The van der Waals surface area contributed by atoms with Crippen LogP contribution in [0.1, 0.15) is 13.3 Å². The Bertz CT molecular complexity index is 229. The molecule has 2 rings (SSSR count). The van der Waals surface area contributed by atoms with E-state index >= 15 is 0 Å². The number of fused-ring (bicyclic) bond motifs is 1. The Morgan fingerprint density at radius 2 is 2.33 bits per heavy atom. The molecule has 0 bridgehead atoms. The summed E-state index contributed by atoms with van der Waals surface area (Å²) in [6.45, 7) is 4.76. The summed E-state index contributed by atoms with van der Waals surface area (Å²) in [5.74, 6) is 0.762. The molecule has 0 aromatic rings. The highest BCUT2D eigenvalue weighted by Gasteiger charge is 2.41. The molecule has 1 saturated heterocycles. The monoisotopic (exact) mass is 163 g/mol. The summed E-state index contributed by atoms with van der Waals surface area (Å²) < 4.78 is 0. The van der Waals surface area contributed by atoms with E-state index in [9.17, 15) is 0 Å². The zero-order valence-corrected chi connectivity index (χ0v) is 7.96. The van der Waals surface area contributed by atoms with Crippen molar-refractivity contribution in [2.75, 3.05) is 20.1 Å². The minimum Gasteiger partial charge on any atom is -0.305 e. The molecule has 1 heteroatoms. The topological polar surface area (TPSA) is 3.24 Å². The van der Waals surface area contributed by atoms with Gasteiger partial charge in [0.1, 0.15) is 0 Å². The van der Waals surface area contributed by atoms with E-state index < -0.39 is 0 Å². The van der Waals surface area contributed by atoms with Crippen molar-refractivity contribution in [2.24, 2.45) is 11.3 Å². The van der Waals surface area contributed by atoms with Gasteiger partial charge in [-0.1, -0.05) is 31.2 Å². The van der Waals surface area contributed by atoms with Crippen molar-refractivity contribution in [3.8, 4) is 0 Å². The predicted molar refractivity (Wildman–Crippen MR) is 52.0 cm³/mol. The number of nitrogens with zero attached hydrogens (tertiary/aromatic N) is 1. The first-order valence-corrected chi connectivity index (χ1v) is 4.81. The number of likely N-dealkylation sites (tertiary alicyclic amines) is 1. The van der Waals surface area contributed by atoms with Crippen LogP contribution in [0.2, 0.25) is 0 Å². The highest BCUT2D eigenvalue weighted by atomic mass is 15.1. The van der Waals surface area contributed by atoms with E-state index in [-0.39, 0.29) is 0 Å². The lowest BCUT2D eigenvalue weighted by atomic mass is 9.73. The van der Waals surface area contributed by atoms with Crippen LogP contribution in [0.25, 0.3) is 0 Å². The molecule has 2 unspecified atom stereocenters. The number of allylic oxidation sites excluding steroid dienone is 2. The summed E-state index contributed by atoms with van der Waals surface area (Å²) >= 11 is 0. The molecule has 0 aromatic heterocycles. The van der Waals surface area contributed by atoms with Crippen molar-refractivity contribution in [2.45, 2.75) is 13.3 Å². The second-order valence-corrected chi connectivity index (χ2v) is 4.13. The van der Waals surface area contributed by atoms with Crippen LogP contribution >= 0.6 is 0 Å². The Hall–Kier alpha value is -0.560. The highest BCUT2D eigenvalue weighted by molar-refractivity contribution is 5.23. The van der Waals surface area contributed by atoms with Gasteiger partial charge < -0.3 is 4.90 Å². The molecule has 0 spiro atoms. The van der Waals surface area contributed by atoms with Crippen molar-refractivity contribution in [3.63, 3.8) is 0 Å². The van der Waals surface area contributed by atoms with Crippen LogP contribution < -0.4 is 0 Å². The fourth-order valence-electron chi connectivity index (χ4n) is 2.57. The molecule has 2 atom stereocenters. The third-order valence-electron chi connectivity index (χ3n) is 3.35. The standard InChI is InChI=1S/C11H17N/c1-3-11-7-5-4-6-10(11)8-12(2)9-11/h4-7,10H,3,8-9H2,1-2H3. The van der Waals surface area contributed by atoms with E-state index in [2.05, 4.69) is 43.2 Å². The van der Waals surface area contributed by atoms with E-state index in [1.165, 1.54) is 19.5 Å². The fourth-order valence-corrected chi connectivity index (χ4v) is 2.57. The van der Waals surface area contributed by atoms with Gasteiger partial charge in [0.15, 0.2) is 0 Å². The normalized spacial score (nSPS) is 40.3. The van der Waals surface area contributed by atoms with E-state index in [0.717, 1.165) is 5.92 Å². The average molecular weight is 163 g/mol. The molecular formula is C11H17N. The first-order valence-electron chi connectivity index (χ1n) is 4.81. The van der Waals surface area contributed by atoms with Gasteiger partial charge >= 0.3 is 0 Å². The van der Waals surface area contributed by atoms with Crippen LogP contribution in [0.3, 0.4) is 0 Å². The van der Waals surface area contributed by atoms with E-state index in [1.807, 2.05) is 0 Å². The highest BCUT2D eigenvalue weighted by Crippen LogP contribution is 2.42. The van der Waals surface area contributed by atoms with Gasteiger partial charge in [-0.15, -0.1) is 0 Å². The Morgan fingerprint density at radius 1 is 1.50 bits per heavy atom. The summed E-state index contributed by atoms with van der Waals surface area (Å²) in [4.78, 5) is 2.44. The second-order valence-electron chi connectivity index (χ2n) is 4.13. The summed E-state index contributed by atoms with van der Waals surface area (Å²) in [6, 6.07) is 0. The maximum Gasteiger partial charge on any atom is 0.00845 e. The SMILES string of the molecule is CCC12C=CC=CC1CN(C)C2. The zero-order chi connectivity index (χ0) is 8.60. The molecule has 2 aliphatic rings. The number of hydrogen-bond acceptors (Lipinski definition) is 1. The van der Waals surface area contributed by atoms with Crippen molar-refractivity contribution >= 4 is 0 Å². The van der Waals surface area contributed by atoms with Crippen LogP contribution in [0, 0.1) is 11.3 Å². The van der Waals surface area contributed by atoms with Gasteiger partial charge in [-0.05, 0) is 13.5 Å². The van der Waals surface area contributed by atoms with Gasteiger partial charge in [0, 0.05) is 24.4 Å². The zero-order valence-electron chi connectivity index (χ0n) is 7.96. The molecule has 0 aromatic carbocycles. The number of rotatable bonds is 1. The Labute approximate surface area is 74.8 Å². The van der Waals surface area contributed by atoms with E-state index in [0.29, 0.717) is 5.41 Å². The summed E-state index contributed by atoms with van der Waals surface area (Å²) in [5, 5.41) is 0. The summed E-state index contributed by atoms with van der Waals surface area (Å²) in [6.07, 6.45) is 10.4. The molecule has 1 nitrogen and oxygen atoms in total. The minimum absolute atomic E-state index is 0.462. The Morgan fingerprint density at radius 3 is 3.00 bits per heavy atom. The van der Waals surface area contributed by atoms with Crippen LogP contribution in [-0.2, 0) is 0 Å². The minimum atomic E-state index is 0.462. The third kappa shape index (κ3) is 1.04. The third-order valence-corrected chi connectivity index (χ3v) is 3.35. The predicted octanol–water partition coefficient (Wildman–Crippen LogP) is 2.07.